The normalized spacial score (nSPS) is 12.9. The molecule has 1 heterocycles. The zero-order valence-corrected chi connectivity index (χ0v) is 18.7. The number of hydrogen-bond donors (Lipinski definition) is 2. The van der Waals surface area contributed by atoms with Crippen molar-refractivity contribution in [3.8, 4) is 11.8 Å². The monoisotopic (exact) mass is 412 g/mol. The van der Waals surface area contributed by atoms with Gasteiger partial charge in [-0.2, -0.15) is 0 Å². The third-order valence-electron chi connectivity index (χ3n) is 4.69. The molecule has 0 fully saturated rings. The molecule has 3 nitrogen and oxygen atoms in total. The van der Waals surface area contributed by atoms with Crippen LogP contribution in [-0.2, 0) is 0 Å². The number of aliphatic hydroxyl groups excluding tert-OH is 1. The maximum atomic E-state index is 15.1. The average Bonchev–Trinajstić information content (AvgIpc) is 3.07. The van der Waals surface area contributed by atoms with Crippen molar-refractivity contribution < 1.29 is 9.50 Å². The summed E-state index contributed by atoms with van der Waals surface area (Å²) in [7, 11) is 1.00. The van der Waals surface area contributed by atoms with E-state index in [1.54, 1.807) is 24.3 Å². The highest BCUT2D eigenvalue weighted by Gasteiger charge is 2.19. The van der Waals surface area contributed by atoms with Gasteiger partial charge in [-0.15, -0.1) is 17.3 Å². The zero-order chi connectivity index (χ0) is 21.8. The van der Waals surface area contributed by atoms with Gasteiger partial charge in [-0.3, -0.25) is 4.99 Å². The van der Waals surface area contributed by atoms with Gasteiger partial charge in [-0.25, -0.2) is 4.39 Å². The van der Waals surface area contributed by atoms with E-state index in [2.05, 4.69) is 57.7 Å². The highest BCUT2D eigenvalue weighted by atomic mass is 32.1. The summed E-state index contributed by atoms with van der Waals surface area (Å²) in [5, 5.41) is 8.58. The molecular formula is C24H29FN2OS. The molecule has 0 radical (unpaired) electrons. The Kier molecular flexibility index (Phi) is 7.40. The number of nitrogens with zero attached hydrogens (tertiary/aromatic N) is 1. The van der Waals surface area contributed by atoms with Crippen LogP contribution in [0.1, 0.15) is 58.2 Å². The Bertz CT molecular complexity index is 1100. The standard InChI is InChI=1S/C23H25FN2S.CH4O/c1-6-8-14-9-12-19-20(21(14)24)16-13-15(10-11-18(16)27-19)17(7-2)26-22(25)23(3,4)5;1-2/h9-13,17H,7H2,1-5H3,(H2,25,26);2H,1H3. The molecule has 2 aromatic carbocycles. The summed E-state index contributed by atoms with van der Waals surface area (Å²) in [6.07, 6.45) is 0.833. The lowest BCUT2D eigenvalue weighted by molar-refractivity contribution is 0.399. The van der Waals surface area contributed by atoms with Crippen molar-refractivity contribution in [2.75, 3.05) is 7.11 Å². The van der Waals surface area contributed by atoms with E-state index >= 15 is 4.39 Å². The van der Waals surface area contributed by atoms with E-state index in [0.29, 0.717) is 16.8 Å². The van der Waals surface area contributed by atoms with Gasteiger partial charge < -0.3 is 10.8 Å². The van der Waals surface area contributed by atoms with Crippen LogP contribution in [0.5, 0.6) is 0 Å². The Morgan fingerprint density at radius 3 is 2.45 bits per heavy atom. The molecule has 3 N–H and O–H groups in total. The molecule has 3 aromatic rings. The SMILES string of the molecule is CC#Cc1ccc2sc3ccc(C(CC)N=C(N)C(C)(C)C)cc3c2c1F.CO. The summed E-state index contributed by atoms with van der Waals surface area (Å²) < 4.78 is 17.1. The second kappa shape index (κ2) is 9.39. The quantitative estimate of drug-likeness (QED) is 0.313. The van der Waals surface area contributed by atoms with Crippen LogP contribution in [0.2, 0.25) is 0 Å². The fraction of sp³-hybridized carbons (Fsp3) is 0.375. The number of amidine groups is 1. The first kappa shape index (κ1) is 22.9. The van der Waals surface area contributed by atoms with Gasteiger partial charge in [0.05, 0.1) is 17.4 Å². The summed E-state index contributed by atoms with van der Waals surface area (Å²) in [4.78, 5) is 4.76. The summed E-state index contributed by atoms with van der Waals surface area (Å²) >= 11 is 1.60. The molecule has 1 unspecified atom stereocenters. The predicted molar refractivity (Wildman–Crippen MR) is 124 cm³/mol. The number of fused-ring (bicyclic) bond motifs is 3. The topological polar surface area (TPSA) is 58.6 Å². The average molecular weight is 413 g/mol. The maximum Gasteiger partial charge on any atom is 0.148 e. The lowest BCUT2D eigenvalue weighted by atomic mass is 9.94. The smallest absolute Gasteiger partial charge is 0.148 e. The van der Waals surface area contributed by atoms with Gasteiger partial charge in [-0.05, 0) is 43.2 Å². The molecule has 0 saturated heterocycles. The van der Waals surface area contributed by atoms with E-state index in [0.717, 1.165) is 33.9 Å². The molecule has 3 rings (SSSR count). The summed E-state index contributed by atoms with van der Waals surface area (Å²) in [5.41, 5.74) is 7.53. The molecule has 0 aliphatic carbocycles. The number of benzene rings is 2. The summed E-state index contributed by atoms with van der Waals surface area (Å²) in [6, 6.07) is 9.88. The highest BCUT2D eigenvalue weighted by molar-refractivity contribution is 7.25. The molecule has 154 valence electrons. The number of hydrogen-bond acceptors (Lipinski definition) is 3. The largest absolute Gasteiger partial charge is 0.400 e. The van der Waals surface area contributed by atoms with Crippen LogP contribution >= 0.6 is 11.3 Å². The molecule has 29 heavy (non-hydrogen) atoms. The zero-order valence-electron chi connectivity index (χ0n) is 17.9. The van der Waals surface area contributed by atoms with Gasteiger partial charge in [0, 0.05) is 32.7 Å². The summed E-state index contributed by atoms with van der Waals surface area (Å²) in [5.74, 6) is 6.04. The van der Waals surface area contributed by atoms with Crippen LogP contribution in [0.15, 0.2) is 35.3 Å². The molecule has 0 bridgehead atoms. The fourth-order valence-electron chi connectivity index (χ4n) is 3.05. The number of thiophene rings is 1. The third kappa shape index (κ3) is 4.77. The highest BCUT2D eigenvalue weighted by Crippen LogP contribution is 2.38. The first-order valence-corrected chi connectivity index (χ1v) is 10.4. The Morgan fingerprint density at radius 1 is 1.21 bits per heavy atom. The van der Waals surface area contributed by atoms with Crippen molar-refractivity contribution in [1.29, 1.82) is 0 Å². The number of aliphatic imine (C=N–C) groups is 1. The van der Waals surface area contributed by atoms with E-state index in [-0.39, 0.29) is 17.3 Å². The Morgan fingerprint density at radius 2 is 1.86 bits per heavy atom. The van der Waals surface area contributed by atoms with Crippen LogP contribution in [0.3, 0.4) is 0 Å². The first-order chi connectivity index (χ1) is 13.8. The Labute approximate surface area is 176 Å². The van der Waals surface area contributed by atoms with E-state index in [4.69, 9.17) is 15.8 Å². The molecular weight excluding hydrogens is 383 g/mol. The summed E-state index contributed by atoms with van der Waals surface area (Å²) in [6.45, 7) is 9.98. The lowest BCUT2D eigenvalue weighted by Crippen LogP contribution is -2.29. The molecule has 0 amide bonds. The van der Waals surface area contributed by atoms with E-state index in [1.165, 1.54) is 0 Å². The number of aliphatic hydroxyl groups is 1. The first-order valence-electron chi connectivity index (χ1n) is 9.62. The minimum absolute atomic E-state index is 0.0368. The van der Waals surface area contributed by atoms with Crippen LogP contribution in [0.25, 0.3) is 20.2 Å². The molecule has 1 atom stereocenters. The van der Waals surface area contributed by atoms with Gasteiger partial charge in [0.25, 0.3) is 0 Å². The van der Waals surface area contributed by atoms with Gasteiger partial charge in [0.1, 0.15) is 5.82 Å². The minimum atomic E-state index is -0.240. The van der Waals surface area contributed by atoms with Crippen LogP contribution in [0.4, 0.5) is 4.39 Å². The van der Waals surface area contributed by atoms with Crippen LogP contribution < -0.4 is 5.73 Å². The second-order valence-electron chi connectivity index (χ2n) is 7.72. The minimum Gasteiger partial charge on any atom is -0.400 e. The number of halogens is 1. The van der Waals surface area contributed by atoms with Gasteiger partial charge >= 0.3 is 0 Å². The van der Waals surface area contributed by atoms with Crippen molar-refractivity contribution in [3.05, 3.63) is 47.3 Å². The van der Waals surface area contributed by atoms with Crippen molar-refractivity contribution >= 4 is 37.3 Å². The molecule has 0 aliphatic heterocycles. The van der Waals surface area contributed by atoms with Gasteiger partial charge in [0.2, 0.25) is 0 Å². The van der Waals surface area contributed by atoms with Crippen molar-refractivity contribution in [3.63, 3.8) is 0 Å². The van der Waals surface area contributed by atoms with Crippen molar-refractivity contribution in [2.24, 2.45) is 16.1 Å². The fourth-order valence-corrected chi connectivity index (χ4v) is 4.13. The van der Waals surface area contributed by atoms with Crippen molar-refractivity contribution in [2.45, 2.75) is 47.1 Å². The maximum absolute atomic E-state index is 15.1. The molecule has 0 saturated carbocycles. The van der Waals surface area contributed by atoms with Crippen LogP contribution in [0, 0.1) is 23.1 Å². The van der Waals surface area contributed by atoms with Gasteiger partial charge in [0.15, 0.2) is 0 Å². The van der Waals surface area contributed by atoms with Crippen molar-refractivity contribution in [1.82, 2.24) is 0 Å². The molecule has 5 heteroatoms. The molecule has 1 aromatic heterocycles. The molecule has 0 spiro atoms. The van der Waals surface area contributed by atoms with E-state index in [9.17, 15) is 0 Å². The predicted octanol–water partition coefficient (Wildman–Crippen LogP) is 6.03. The molecule has 0 aliphatic rings. The van der Waals surface area contributed by atoms with Crippen LogP contribution in [-0.4, -0.2) is 18.1 Å². The Hall–Kier alpha value is -2.42. The lowest BCUT2D eigenvalue weighted by Gasteiger charge is -2.20. The number of nitrogens with two attached hydrogens (primary N) is 1. The Balaban J connectivity index is 0.00000145. The second-order valence-corrected chi connectivity index (χ2v) is 8.81. The third-order valence-corrected chi connectivity index (χ3v) is 5.83. The number of rotatable bonds is 3. The van der Waals surface area contributed by atoms with E-state index in [1.807, 2.05) is 6.07 Å². The van der Waals surface area contributed by atoms with Gasteiger partial charge in [-0.1, -0.05) is 39.7 Å². The van der Waals surface area contributed by atoms with E-state index < -0.39 is 0 Å².